The molecule has 2 aromatic rings. The lowest BCUT2D eigenvalue weighted by atomic mass is 10.1. The predicted octanol–water partition coefficient (Wildman–Crippen LogP) is 4.01. The smallest absolute Gasteiger partial charge is 0.408 e. The zero-order valence-corrected chi connectivity index (χ0v) is 22.9. The maximum absolute atomic E-state index is 12.2. The average molecular weight is 532 g/mol. The second-order valence-electron chi connectivity index (χ2n) is 9.92. The van der Waals surface area contributed by atoms with E-state index < -0.39 is 42.0 Å². The van der Waals surface area contributed by atoms with Crippen LogP contribution in [0.5, 0.6) is 0 Å². The topological polar surface area (TPSA) is 113 Å². The van der Waals surface area contributed by atoms with Crippen LogP contribution < -0.4 is 5.32 Å². The molecule has 0 aliphatic heterocycles. The fraction of sp³-hybridized carbons (Fsp3) is 0.517. The highest BCUT2D eigenvalue weighted by Gasteiger charge is 2.29. The van der Waals surface area contributed by atoms with Gasteiger partial charge in [0, 0.05) is 6.61 Å². The molecule has 1 amide bonds. The number of esters is 1. The molecular formula is C29H41NO8. The molecule has 4 atom stereocenters. The van der Waals surface area contributed by atoms with Crippen LogP contribution >= 0.6 is 0 Å². The van der Waals surface area contributed by atoms with Gasteiger partial charge in [-0.15, -0.1) is 0 Å². The second kappa shape index (κ2) is 16.1. The van der Waals surface area contributed by atoms with Crippen molar-refractivity contribution >= 4 is 12.1 Å². The number of carbonyl (C=O) groups is 2. The van der Waals surface area contributed by atoms with Crippen LogP contribution in [0, 0.1) is 0 Å². The van der Waals surface area contributed by atoms with E-state index in [9.17, 15) is 14.7 Å². The van der Waals surface area contributed by atoms with Gasteiger partial charge in [0.2, 0.25) is 0 Å². The van der Waals surface area contributed by atoms with E-state index in [1.54, 1.807) is 27.7 Å². The Balaban J connectivity index is 2.01. The minimum absolute atomic E-state index is 0.123. The lowest BCUT2D eigenvalue weighted by molar-refractivity contribution is -0.146. The van der Waals surface area contributed by atoms with Crippen LogP contribution in [0.4, 0.5) is 4.79 Å². The Bertz CT molecular complexity index is 946. The summed E-state index contributed by atoms with van der Waals surface area (Å²) in [6.45, 7) is 7.54. The van der Waals surface area contributed by atoms with E-state index in [-0.39, 0.29) is 13.2 Å². The Morgan fingerprint density at radius 3 is 1.97 bits per heavy atom. The third kappa shape index (κ3) is 12.0. The second-order valence-corrected chi connectivity index (χ2v) is 9.92. The summed E-state index contributed by atoms with van der Waals surface area (Å²) in [5, 5.41) is 13.0. The van der Waals surface area contributed by atoms with Crippen molar-refractivity contribution in [2.75, 3.05) is 20.3 Å². The van der Waals surface area contributed by atoms with E-state index in [2.05, 4.69) is 5.32 Å². The molecule has 0 aliphatic rings. The number of hydrogen-bond acceptors (Lipinski definition) is 8. The number of alkyl carbamates (subject to hydrolysis) is 1. The third-order valence-electron chi connectivity index (χ3n) is 5.44. The summed E-state index contributed by atoms with van der Waals surface area (Å²) in [4.78, 5) is 24.3. The standard InChI is InChI=1S/C29H41NO8/c1-21(31)26(37-19-23-14-10-7-11-15-23)25(36-18-22-12-8-6-9-13-22)16-17-35-20-24(27(32)34-5)30-28(33)38-29(2,3)4/h6-15,21,24-26,31H,16-20H2,1-5H3,(H,30,33)/t21-,24?,25-,26-/m0/s1. The van der Waals surface area contributed by atoms with Gasteiger partial charge in [-0.05, 0) is 45.2 Å². The van der Waals surface area contributed by atoms with Gasteiger partial charge in [-0.2, -0.15) is 0 Å². The molecule has 0 saturated heterocycles. The van der Waals surface area contributed by atoms with Crippen LogP contribution in [0.1, 0.15) is 45.2 Å². The van der Waals surface area contributed by atoms with Crippen LogP contribution in [-0.4, -0.2) is 67.4 Å². The number of rotatable bonds is 15. The van der Waals surface area contributed by atoms with Crippen molar-refractivity contribution in [2.24, 2.45) is 0 Å². The number of ether oxygens (including phenoxy) is 5. The van der Waals surface area contributed by atoms with Gasteiger partial charge in [-0.1, -0.05) is 60.7 Å². The summed E-state index contributed by atoms with van der Waals surface area (Å²) in [7, 11) is 1.23. The van der Waals surface area contributed by atoms with Gasteiger partial charge >= 0.3 is 12.1 Å². The monoisotopic (exact) mass is 531 g/mol. The number of aliphatic hydroxyl groups is 1. The van der Waals surface area contributed by atoms with Gasteiger partial charge in [0.1, 0.15) is 11.7 Å². The number of aliphatic hydroxyl groups excluding tert-OH is 1. The summed E-state index contributed by atoms with van der Waals surface area (Å²) in [5.74, 6) is -0.652. The fourth-order valence-electron chi connectivity index (χ4n) is 3.61. The highest BCUT2D eigenvalue weighted by atomic mass is 16.6. The molecule has 0 fully saturated rings. The van der Waals surface area contributed by atoms with Crippen molar-refractivity contribution < 1.29 is 38.4 Å². The molecule has 0 spiro atoms. The first kappa shape index (κ1) is 31.2. The number of amides is 1. The maximum Gasteiger partial charge on any atom is 0.408 e. The molecule has 38 heavy (non-hydrogen) atoms. The Kier molecular flexibility index (Phi) is 13.2. The van der Waals surface area contributed by atoms with E-state index in [1.807, 2.05) is 60.7 Å². The number of hydrogen-bond donors (Lipinski definition) is 2. The van der Waals surface area contributed by atoms with Gasteiger partial charge in [0.05, 0.1) is 39.1 Å². The Hall–Kier alpha value is -2.98. The third-order valence-corrected chi connectivity index (χ3v) is 5.44. The van der Waals surface area contributed by atoms with Gasteiger partial charge in [0.25, 0.3) is 0 Å². The van der Waals surface area contributed by atoms with Crippen LogP contribution in [0.3, 0.4) is 0 Å². The van der Waals surface area contributed by atoms with Crippen molar-refractivity contribution in [3.8, 4) is 0 Å². The molecule has 2 aromatic carbocycles. The number of benzene rings is 2. The lowest BCUT2D eigenvalue weighted by Crippen LogP contribution is -2.47. The zero-order chi connectivity index (χ0) is 28.0. The molecule has 9 heteroatoms. The molecular weight excluding hydrogens is 490 g/mol. The summed E-state index contributed by atoms with van der Waals surface area (Å²) in [6, 6.07) is 18.3. The van der Waals surface area contributed by atoms with Crippen molar-refractivity contribution in [3.63, 3.8) is 0 Å². The Morgan fingerprint density at radius 2 is 1.47 bits per heavy atom. The minimum Gasteiger partial charge on any atom is -0.467 e. The molecule has 0 aliphatic carbocycles. The Morgan fingerprint density at radius 1 is 0.921 bits per heavy atom. The fourth-order valence-corrected chi connectivity index (χ4v) is 3.61. The van der Waals surface area contributed by atoms with Gasteiger partial charge < -0.3 is 34.1 Å². The predicted molar refractivity (Wildman–Crippen MR) is 142 cm³/mol. The maximum atomic E-state index is 12.2. The molecule has 0 bridgehead atoms. The van der Waals surface area contributed by atoms with Gasteiger partial charge in [-0.3, -0.25) is 0 Å². The summed E-state index contributed by atoms with van der Waals surface area (Å²) in [6.07, 6.45) is -2.31. The van der Waals surface area contributed by atoms with E-state index in [4.69, 9.17) is 23.7 Å². The first-order chi connectivity index (χ1) is 18.1. The summed E-state index contributed by atoms with van der Waals surface area (Å²) in [5.41, 5.74) is 1.24. The molecule has 0 radical (unpaired) electrons. The molecule has 0 heterocycles. The quantitative estimate of drug-likeness (QED) is 0.262. The first-order valence-corrected chi connectivity index (χ1v) is 12.7. The number of nitrogens with one attached hydrogen (secondary N) is 1. The minimum atomic E-state index is -1.04. The van der Waals surface area contributed by atoms with Crippen molar-refractivity contribution in [1.29, 1.82) is 0 Å². The molecule has 0 aromatic heterocycles. The molecule has 2 rings (SSSR count). The van der Waals surface area contributed by atoms with Crippen LogP contribution in [0.25, 0.3) is 0 Å². The van der Waals surface area contributed by atoms with Crippen LogP contribution in [0.2, 0.25) is 0 Å². The first-order valence-electron chi connectivity index (χ1n) is 12.7. The lowest BCUT2D eigenvalue weighted by Gasteiger charge is -2.30. The van der Waals surface area contributed by atoms with Crippen LogP contribution in [0.15, 0.2) is 60.7 Å². The average Bonchev–Trinajstić information content (AvgIpc) is 2.88. The summed E-state index contributed by atoms with van der Waals surface area (Å²) >= 11 is 0. The van der Waals surface area contributed by atoms with Gasteiger partial charge in [0.15, 0.2) is 6.04 Å². The van der Waals surface area contributed by atoms with E-state index in [0.29, 0.717) is 19.6 Å². The molecule has 210 valence electrons. The summed E-state index contributed by atoms with van der Waals surface area (Å²) < 4.78 is 28.0. The zero-order valence-electron chi connectivity index (χ0n) is 22.9. The van der Waals surface area contributed by atoms with Crippen molar-refractivity contribution in [3.05, 3.63) is 71.8 Å². The number of methoxy groups -OCH3 is 1. The number of carbonyl (C=O) groups excluding carboxylic acids is 2. The van der Waals surface area contributed by atoms with E-state index in [1.165, 1.54) is 7.11 Å². The molecule has 2 N–H and O–H groups in total. The largest absolute Gasteiger partial charge is 0.467 e. The normalized spacial score (nSPS) is 14.7. The highest BCUT2D eigenvalue weighted by Crippen LogP contribution is 2.18. The molecule has 1 unspecified atom stereocenters. The molecule has 0 saturated carbocycles. The van der Waals surface area contributed by atoms with Crippen LogP contribution in [-0.2, 0) is 41.7 Å². The van der Waals surface area contributed by atoms with Gasteiger partial charge in [-0.25, -0.2) is 9.59 Å². The van der Waals surface area contributed by atoms with Crippen molar-refractivity contribution in [2.45, 2.75) is 77.3 Å². The highest BCUT2D eigenvalue weighted by molar-refractivity contribution is 5.81. The van der Waals surface area contributed by atoms with Crippen molar-refractivity contribution in [1.82, 2.24) is 5.32 Å². The Labute approximate surface area is 225 Å². The van der Waals surface area contributed by atoms with E-state index in [0.717, 1.165) is 11.1 Å². The molecule has 9 nitrogen and oxygen atoms in total. The SMILES string of the molecule is COC(=O)C(COCC[C@H](OCc1ccccc1)[C@@H](OCc1ccccc1)[C@H](C)O)NC(=O)OC(C)(C)C. The van der Waals surface area contributed by atoms with E-state index >= 15 is 0 Å².